The Balaban J connectivity index is 2.91. The van der Waals surface area contributed by atoms with Crippen molar-refractivity contribution in [1.29, 1.82) is 0 Å². The van der Waals surface area contributed by atoms with Crippen molar-refractivity contribution in [2.45, 2.75) is 13.3 Å². The summed E-state index contributed by atoms with van der Waals surface area (Å²) in [7, 11) is 0. The summed E-state index contributed by atoms with van der Waals surface area (Å²) in [5.41, 5.74) is 2.19. The third-order valence-corrected chi connectivity index (χ3v) is 2.96. The highest BCUT2D eigenvalue weighted by Gasteiger charge is 2.15. The van der Waals surface area contributed by atoms with Gasteiger partial charge in [0.05, 0.1) is 19.8 Å². The smallest absolute Gasteiger partial charge is 0.254 e. The zero-order valence-electron chi connectivity index (χ0n) is 12.2. The first-order chi connectivity index (χ1) is 10.1. The van der Waals surface area contributed by atoms with E-state index in [1.165, 1.54) is 4.90 Å². The van der Waals surface area contributed by atoms with Crippen LogP contribution in [0, 0.1) is 18.8 Å². The highest BCUT2D eigenvalue weighted by atomic mass is 16.3. The molecule has 5 heteroatoms. The molecule has 0 aliphatic carbocycles. The minimum absolute atomic E-state index is 0.0277. The second-order valence-electron chi connectivity index (χ2n) is 4.54. The van der Waals surface area contributed by atoms with E-state index in [0.29, 0.717) is 12.0 Å². The molecule has 3 N–H and O–H groups in total. The number of rotatable bonds is 6. The molecule has 0 aromatic heterocycles. The Morgan fingerprint density at radius 2 is 1.81 bits per heavy atom. The van der Waals surface area contributed by atoms with Gasteiger partial charge < -0.3 is 20.2 Å². The van der Waals surface area contributed by atoms with Crippen LogP contribution < -0.4 is 0 Å². The molecule has 1 aromatic rings. The molecule has 0 saturated carbocycles. The lowest BCUT2D eigenvalue weighted by Gasteiger charge is -2.21. The lowest BCUT2D eigenvalue weighted by Crippen LogP contribution is -2.35. The molecular formula is C16H21NO4. The highest BCUT2D eigenvalue weighted by Crippen LogP contribution is 2.12. The molecule has 0 aliphatic heterocycles. The lowest BCUT2D eigenvalue weighted by molar-refractivity contribution is 0.0684. The standard InChI is InChI=1S/C16H21NO4/c1-13-12-15(6-5-14(13)4-2-3-9-18)16(21)17(7-10-19)8-11-20/h5-6,12,18-20H,3,7-11H2,1H3. The molecule has 21 heavy (non-hydrogen) atoms. The van der Waals surface area contributed by atoms with E-state index in [1.807, 2.05) is 6.92 Å². The third-order valence-electron chi connectivity index (χ3n) is 2.96. The van der Waals surface area contributed by atoms with Crippen LogP contribution in [-0.4, -0.2) is 59.0 Å². The minimum Gasteiger partial charge on any atom is -0.395 e. The van der Waals surface area contributed by atoms with Gasteiger partial charge >= 0.3 is 0 Å². The van der Waals surface area contributed by atoms with Crippen LogP contribution in [0.4, 0.5) is 0 Å². The minimum atomic E-state index is -0.226. The maximum absolute atomic E-state index is 12.3. The van der Waals surface area contributed by atoms with Crippen molar-refractivity contribution < 1.29 is 20.1 Å². The highest BCUT2D eigenvalue weighted by molar-refractivity contribution is 5.94. The Morgan fingerprint density at radius 3 is 2.33 bits per heavy atom. The van der Waals surface area contributed by atoms with Gasteiger partial charge in [0.2, 0.25) is 0 Å². The number of carbonyl (C=O) groups is 1. The number of hydrogen-bond acceptors (Lipinski definition) is 4. The second kappa shape index (κ2) is 9.14. The molecule has 0 saturated heterocycles. The zero-order chi connectivity index (χ0) is 15.7. The molecule has 0 fully saturated rings. The van der Waals surface area contributed by atoms with E-state index < -0.39 is 0 Å². The molecule has 114 valence electrons. The molecule has 0 spiro atoms. The average Bonchev–Trinajstić information content (AvgIpc) is 2.48. The summed E-state index contributed by atoms with van der Waals surface area (Å²) in [6.07, 6.45) is 0.418. The van der Waals surface area contributed by atoms with E-state index in [2.05, 4.69) is 11.8 Å². The number of aliphatic hydroxyl groups excluding tert-OH is 3. The van der Waals surface area contributed by atoms with Crippen molar-refractivity contribution in [2.24, 2.45) is 0 Å². The van der Waals surface area contributed by atoms with Gasteiger partial charge in [-0.3, -0.25) is 4.79 Å². The maximum Gasteiger partial charge on any atom is 0.254 e. The molecule has 0 unspecified atom stereocenters. The van der Waals surface area contributed by atoms with E-state index in [4.69, 9.17) is 15.3 Å². The SMILES string of the molecule is Cc1cc(C(=O)N(CCO)CCO)ccc1C#CCCO. The Bertz CT molecular complexity index is 525. The predicted octanol–water partition coefficient (Wildman–Crippen LogP) is 0.156. The van der Waals surface area contributed by atoms with Crippen molar-refractivity contribution >= 4 is 5.91 Å². The zero-order valence-corrected chi connectivity index (χ0v) is 12.2. The monoisotopic (exact) mass is 291 g/mol. The first-order valence-electron chi connectivity index (χ1n) is 6.85. The van der Waals surface area contributed by atoms with Crippen LogP contribution in [-0.2, 0) is 0 Å². The van der Waals surface area contributed by atoms with Gasteiger partial charge in [-0.1, -0.05) is 11.8 Å². The van der Waals surface area contributed by atoms with Crippen molar-refractivity contribution in [2.75, 3.05) is 32.9 Å². The van der Waals surface area contributed by atoms with Crippen molar-refractivity contribution in [1.82, 2.24) is 4.90 Å². The molecule has 1 amide bonds. The number of aliphatic hydroxyl groups is 3. The van der Waals surface area contributed by atoms with Crippen molar-refractivity contribution in [3.8, 4) is 11.8 Å². The number of amides is 1. The second-order valence-corrected chi connectivity index (χ2v) is 4.54. The van der Waals surface area contributed by atoms with Gasteiger partial charge in [0.1, 0.15) is 0 Å². The lowest BCUT2D eigenvalue weighted by atomic mass is 10.0. The molecule has 0 heterocycles. The summed E-state index contributed by atoms with van der Waals surface area (Å²) in [5, 5.41) is 26.6. The first-order valence-corrected chi connectivity index (χ1v) is 6.85. The van der Waals surface area contributed by atoms with Gasteiger partial charge in [-0.15, -0.1) is 0 Å². The molecule has 0 radical (unpaired) electrons. The van der Waals surface area contributed by atoms with Gasteiger partial charge in [0.15, 0.2) is 0 Å². The average molecular weight is 291 g/mol. The first kappa shape index (κ1) is 17.2. The Hall–Kier alpha value is -1.87. The van der Waals surface area contributed by atoms with Gasteiger partial charge in [0, 0.05) is 30.6 Å². The number of carbonyl (C=O) groups excluding carboxylic acids is 1. The fourth-order valence-electron chi connectivity index (χ4n) is 1.89. The summed E-state index contributed by atoms with van der Waals surface area (Å²) in [6, 6.07) is 5.19. The molecule has 0 atom stereocenters. The van der Waals surface area contributed by atoms with Gasteiger partial charge in [-0.05, 0) is 30.7 Å². The molecule has 0 aliphatic rings. The van der Waals surface area contributed by atoms with E-state index in [1.54, 1.807) is 18.2 Å². The van der Waals surface area contributed by atoms with Gasteiger partial charge in [-0.25, -0.2) is 0 Å². The Kier molecular flexibility index (Phi) is 7.48. The topological polar surface area (TPSA) is 81.0 Å². The quantitative estimate of drug-likeness (QED) is 0.652. The fraction of sp³-hybridized carbons (Fsp3) is 0.438. The summed E-state index contributed by atoms with van der Waals surface area (Å²) in [5.74, 6) is 5.56. The molecule has 1 rings (SSSR count). The summed E-state index contributed by atoms with van der Waals surface area (Å²) >= 11 is 0. The number of hydrogen-bond donors (Lipinski definition) is 3. The summed E-state index contributed by atoms with van der Waals surface area (Å²) in [6.45, 7) is 1.99. The van der Waals surface area contributed by atoms with Crippen molar-refractivity contribution in [3.63, 3.8) is 0 Å². The van der Waals surface area contributed by atoms with Gasteiger partial charge in [-0.2, -0.15) is 0 Å². The van der Waals surface area contributed by atoms with Crippen LogP contribution in [0.15, 0.2) is 18.2 Å². The largest absolute Gasteiger partial charge is 0.395 e. The van der Waals surface area contributed by atoms with Crippen molar-refractivity contribution in [3.05, 3.63) is 34.9 Å². The fourth-order valence-corrected chi connectivity index (χ4v) is 1.89. The van der Waals surface area contributed by atoms with Crippen LogP contribution in [0.2, 0.25) is 0 Å². The van der Waals surface area contributed by atoms with Crippen LogP contribution in [0.1, 0.15) is 27.9 Å². The molecule has 1 aromatic carbocycles. The maximum atomic E-state index is 12.3. The van der Waals surface area contributed by atoms with E-state index >= 15 is 0 Å². The normalized spacial score (nSPS) is 9.90. The molecule has 0 bridgehead atoms. The van der Waals surface area contributed by atoms with E-state index in [9.17, 15) is 4.79 Å². The van der Waals surface area contributed by atoms with Crippen LogP contribution in [0.5, 0.6) is 0 Å². The van der Waals surface area contributed by atoms with Crippen LogP contribution >= 0.6 is 0 Å². The summed E-state index contributed by atoms with van der Waals surface area (Å²) < 4.78 is 0. The summed E-state index contributed by atoms with van der Waals surface area (Å²) in [4.78, 5) is 13.7. The third kappa shape index (κ3) is 5.20. The van der Waals surface area contributed by atoms with E-state index in [0.717, 1.165) is 11.1 Å². The Morgan fingerprint density at radius 1 is 1.14 bits per heavy atom. The van der Waals surface area contributed by atoms with Crippen LogP contribution in [0.3, 0.4) is 0 Å². The number of nitrogens with zero attached hydrogens (tertiary/aromatic N) is 1. The van der Waals surface area contributed by atoms with Crippen LogP contribution in [0.25, 0.3) is 0 Å². The predicted molar refractivity (Wildman–Crippen MR) is 79.8 cm³/mol. The number of benzene rings is 1. The van der Waals surface area contributed by atoms with E-state index in [-0.39, 0.29) is 38.8 Å². The number of aryl methyl sites for hydroxylation is 1. The molecular weight excluding hydrogens is 270 g/mol. The molecule has 5 nitrogen and oxygen atoms in total. The van der Waals surface area contributed by atoms with Gasteiger partial charge in [0.25, 0.3) is 5.91 Å². The Labute approximate surface area is 124 Å².